The first-order valence-electron chi connectivity index (χ1n) is 9.48. The maximum absolute atomic E-state index is 12.8. The fourth-order valence-electron chi connectivity index (χ4n) is 2.76. The maximum atomic E-state index is 12.8. The van der Waals surface area contributed by atoms with Crippen molar-refractivity contribution >= 4 is 18.0 Å². The van der Waals surface area contributed by atoms with Gasteiger partial charge in [-0.25, -0.2) is 9.79 Å². The summed E-state index contributed by atoms with van der Waals surface area (Å²) in [6, 6.07) is 12.0. The SMILES string of the molecule is CCC(OC(=O)c1cc(C)c(/N=C/N(C)CC)cc1C)c1ccc(C)cc1. The molecule has 0 radical (unpaired) electrons. The number of nitrogens with zero attached hydrogens (tertiary/aromatic N) is 2. The highest BCUT2D eigenvalue weighted by molar-refractivity contribution is 5.92. The van der Waals surface area contributed by atoms with E-state index in [-0.39, 0.29) is 12.1 Å². The predicted molar refractivity (Wildman–Crippen MR) is 112 cm³/mol. The number of aryl methyl sites for hydroxylation is 3. The molecule has 0 aliphatic heterocycles. The van der Waals surface area contributed by atoms with E-state index < -0.39 is 0 Å². The van der Waals surface area contributed by atoms with E-state index in [0.717, 1.165) is 35.3 Å². The molecule has 0 aliphatic carbocycles. The Morgan fingerprint density at radius 3 is 2.37 bits per heavy atom. The van der Waals surface area contributed by atoms with E-state index in [0.29, 0.717) is 5.56 Å². The van der Waals surface area contributed by atoms with Crippen molar-refractivity contribution in [2.24, 2.45) is 4.99 Å². The predicted octanol–water partition coefficient (Wildman–Crippen LogP) is 5.53. The van der Waals surface area contributed by atoms with E-state index in [9.17, 15) is 4.79 Å². The van der Waals surface area contributed by atoms with Crippen molar-refractivity contribution in [2.45, 2.75) is 47.1 Å². The molecule has 0 aromatic heterocycles. The summed E-state index contributed by atoms with van der Waals surface area (Å²) in [5, 5.41) is 0. The zero-order valence-corrected chi connectivity index (χ0v) is 17.2. The summed E-state index contributed by atoms with van der Waals surface area (Å²) in [5.74, 6) is -0.288. The van der Waals surface area contributed by atoms with Crippen LogP contribution in [0.4, 0.5) is 5.69 Å². The van der Waals surface area contributed by atoms with Crippen LogP contribution in [0, 0.1) is 20.8 Å². The van der Waals surface area contributed by atoms with Crippen LogP contribution in [0.3, 0.4) is 0 Å². The Kier molecular flexibility index (Phi) is 7.17. The zero-order valence-electron chi connectivity index (χ0n) is 17.2. The highest BCUT2D eigenvalue weighted by atomic mass is 16.5. The second-order valence-corrected chi connectivity index (χ2v) is 6.98. The normalized spacial score (nSPS) is 12.2. The van der Waals surface area contributed by atoms with Crippen molar-refractivity contribution in [3.05, 3.63) is 64.2 Å². The lowest BCUT2D eigenvalue weighted by atomic mass is 10.0. The largest absolute Gasteiger partial charge is 0.454 e. The summed E-state index contributed by atoms with van der Waals surface area (Å²) in [6.07, 6.45) is 2.30. The van der Waals surface area contributed by atoms with Gasteiger partial charge in [0.1, 0.15) is 6.10 Å². The number of carbonyl (C=O) groups excluding carboxylic acids is 1. The third-order valence-corrected chi connectivity index (χ3v) is 4.72. The summed E-state index contributed by atoms with van der Waals surface area (Å²) in [5.41, 5.74) is 5.51. The summed E-state index contributed by atoms with van der Waals surface area (Å²) in [6.45, 7) is 10.9. The Bertz CT molecular complexity index is 810. The lowest BCUT2D eigenvalue weighted by Gasteiger charge is -2.18. The molecular weight excluding hydrogens is 336 g/mol. The molecule has 4 heteroatoms. The van der Waals surface area contributed by atoms with Crippen LogP contribution in [0.2, 0.25) is 0 Å². The Balaban J connectivity index is 2.21. The lowest BCUT2D eigenvalue weighted by Crippen LogP contribution is -2.14. The highest BCUT2D eigenvalue weighted by Gasteiger charge is 2.19. The van der Waals surface area contributed by atoms with E-state index in [1.54, 1.807) is 0 Å². The highest BCUT2D eigenvalue weighted by Crippen LogP contribution is 2.27. The first-order chi connectivity index (χ1) is 12.8. The van der Waals surface area contributed by atoms with Gasteiger partial charge in [-0.1, -0.05) is 36.8 Å². The fraction of sp³-hybridized carbons (Fsp3) is 0.391. The van der Waals surface area contributed by atoms with Crippen LogP contribution in [-0.2, 0) is 4.74 Å². The Hall–Kier alpha value is -2.62. The van der Waals surface area contributed by atoms with Crippen molar-refractivity contribution in [1.82, 2.24) is 4.90 Å². The first-order valence-corrected chi connectivity index (χ1v) is 9.48. The fourth-order valence-corrected chi connectivity index (χ4v) is 2.76. The van der Waals surface area contributed by atoms with E-state index >= 15 is 0 Å². The van der Waals surface area contributed by atoms with Gasteiger partial charge >= 0.3 is 5.97 Å². The van der Waals surface area contributed by atoms with Crippen LogP contribution in [0.25, 0.3) is 0 Å². The van der Waals surface area contributed by atoms with Gasteiger partial charge in [-0.2, -0.15) is 0 Å². The second-order valence-electron chi connectivity index (χ2n) is 6.98. The minimum Gasteiger partial charge on any atom is -0.454 e. The monoisotopic (exact) mass is 366 g/mol. The third-order valence-electron chi connectivity index (χ3n) is 4.72. The topological polar surface area (TPSA) is 41.9 Å². The number of rotatable bonds is 7. The average Bonchev–Trinajstić information content (AvgIpc) is 2.66. The van der Waals surface area contributed by atoms with Gasteiger partial charge in [-0.3, -0.25) is 0 Å². The Labute approximate surface area is 162 Å². The standard InChI is InChI=1S/C23H30N2O2/c1-7-22(19-11-9-16(3)10-12-19)27-23(26)20-13-18(5)21(14-17(20)4)24-15-25(6)8-2/h9-15,22H,7-8H2,1-6H3/b24-15+. The van der Waals surface area contributed by atoms with Crippen molar-refractivity contribution in [1.29, 1.82) is 0 Å². The van der Waals surface area contributed by atoms with Gasteiger partial charge in [0.2, 0.25) is 0 Å². The number of carbonyl (C=O) groups is 1. The van der Waals surface area contributed by atoms with Gasteiger partial charge in [0.15, 0.2) is 0 Å². The van der Waals surface area contributed by atoms with E-state index in [1.165, 1.54) is 5.56 Å². The van der Waals surface area contributed by atoms with Gasteiger partial charge < -0.3 is 9.64 Å². The molecule has 0 bridgehead atoms. The van der Waals surface area contributed by atoms with E-state index in [2.05, 4.69) is 11.9 Å². The minimum atomic E-state index is -0.288. The number of benzene rings is 2. The molecule has 0 aliphatic rings. The molecule has 0 heterocycles. The van der Waals surface area contributed by atoms with Gasteiger partial charge in [0.25, 0.3) is 0 Å². The lowest BCUT2D eigenvalue weighted by molar-refractivity contribution is 0.0287. The van der Waals surface area contributed by atoms with Gasteiger partial charge in [0.05, 0.1) is 17.6 Å². The van der Waals surface area contributed by atoms with Crippen LogP contribution in [0.15, 0.2) is 41.4 Å². The number of ether oxygens (including phenoxy) is 1. The average molecular weight is 367 g/mol. The molecule has 27 heavy (non-hydrogen) atoms. The molecule has 0 spiro atoms. The molecule has 144 valence electrons. The van der Waals surface area contributed by atoms with Crippen LogP contribution in [0.1, 0.15) is 59.0 Å². The number of hydrogen-bond acceptors (Lipinski definition) is 3. The summed E-state index contributed by atoms with van der Waals surface area (Å²) in [4.78, 5) is 19.3. The van der Waals surface area contributed by atoms with Crippen LogP contribution in [0.5, 0.6) is 0 Å². The van der Waals surface area contributed by atoms with Gasteiger partial charge in [-0.05, 0) is 62.9 Å². The van der Waals surface area contributed by atoms with Gasteiger partial charge in [-0.15, -0.1) is 0 Å². The molecule has 0 fully saturated rings. The Morgan fingerprint density at radius 1 is 1.11 bits per heavy atom. The molecular formula is C23H30N2O2. The smallest absolute Gasteiger partial charge is 0.339 e. The summed E-state index contributed by atoms with van der Waals surface area (Å²) in [7, 11) is 1.98. The molecule has 0 saturated carbocycles. The van der Waals surface area contributed by atoms with Crippen molar-refractivity contribution in [3.8, 4) is 0 Å². The Morgan fingerprint density at radius 2 is 1.78 bits per heavy atom. The van der Waals surface area contributed by atoms with Crippen LogP contribution < -0.4 is 0 Å². The zero-order chi connectivity index (χ0) is 20.0. The minimum absolute atomic E-state index is 0.242. The molecule has 4 nitrogen and oxygen atoms in total. The second kappa shape index (κ2) is 9.36. The molecule has 2 aromatic rings. The molecule has 1 unspecified atom stereocenters. The number of esters is 1. The summed E-state index contributed by atoms with van der Waals surface area (Å²) >= 11 is 0. The van der Waals surface area contributed by atoms with Crippen molar-refractivity contribution < 1.29 is 9.53 Å². The molecule has 2 rings (SSSR count). The summed E-state index contributed by atoms with van der Waals surface area (Å²) < 4.78 is 5.82. The van der Waals surface area contributed by atoms with Crippen LogP contribution in [-0.4, -0.2) is 30.8 Å². The first kappa shape index (κ1) is 20.7. The number of hydrogen-bond donors (Lipinski definition) is 0. The molecule has 0 saturated heterocycles. The van der Waals surface area contributed by atoms with Crippen LogP contribution >= 0.6 is 0 Å². The molecule has 1 atom stereocenters. The van der Waals surface area contributed by atoms with Crippen molar-refractivity contribution in [2.75, 3.05) is 13.6 Å². The van der Waals surface area contributed by atoms with E-state index in [1.807, 2.05) is 82.4 Å². The number of aliphatic imine (C=N–C) groups is 1. The molecule has 2 aromatic carbocycles. The van der Waals surface area contributed by atoms with Crippen molar-refractivity contribution in [3.63, 3.8) is 0 Å². The molecule has 0 amide bonds. The quantitative estimate of drug-likeness (QED) is 0.367. The van der Waals surface area contributed by atoms with E-state index in [4.69, 9.17) is 4.74 Å². The third kappa shape index (κ3) is 5.43. The maximum Gasteiger partial charge on any atom is 0.339 e. The van der Waals surface area contributed by atoms with Gasteiger partial charge in [0, 0.05) is 13.6 Å². The molecule has 0 N–H and O–H groups in total.